The molecule has 7 heteroatoms. The van der Waals surface area contributed by atoms with Crippen LogP contribution in [0, 0.1) is 0 Å². The summed E-state index contributed by atoms with van der Waals surface area (Å²) in [6, 6.07) is 8.26. The Morgan fingerprint density at radius 3 is 0.750 bits per heavy atom. The van der Waals surface area contributed by atoms with Crippen LogP contribution in [0.15, 0.2) is 30.3 Å². The van der Waals surface area contributed by atoms with Crippen LogP contribution in [0.1, 0.15) is 423 Å². The SMILES string of the molecule is CCCCCCCCCCCCCCCCC(=O)[C@@](O)(CCCCCCCCCCCCCCCC)[C@](O)(CCCCCCCCCCCCCCCC)[C@@](O)(CCCCCCCCCCCCCCCC)[C@](O)(CO)C(=O)c1ccccc1. The highest BCUT2D eigenvalue weighted by Gasteiger charge is 2.72. The van der Waals surface area contributed by atoms with Crippen molar-refractivity contribution in [2.75, 3.05) is 6.61 Å². The quantitative estimate of drug-likeness (QED) is 0.0324. The number of carbonyl (C=O) groups is 2. The molecule has 84 heavy (non-hydrogen) atoms. The number of aliphatic hydroxyl groups excluding tert-OH is 1. The molecule has 1 rings (SSSR count). The molecule has 0 amide bonds. The van der Waals surface area contributed by atoms with Crippen LogP contribution in [0.3, 0.4) is 0 Å². The first-order valence-electron chi connectivity index (χ1n) is 37.6. The van der Waals surface area contributed by atoms with E-state index in [1.165, 1.54) is 238 Å². The maximum absolute atomic E-state index is 15.3. The van der Waals surface area contributed by atoms with Gasteiger partial charge in [0.15, 0.2) is 22.8 Å². The van der Waals surface area contributed by atoms with E-state index in [1.54, 1.807) is 30.3 Å². The lowest BCUT2D eigenvalue weighted by Gasteiger charge is -2.57. The Hall–Kier alpha value is -1.64. The van der Waals surface area contributed by atoms with Crippen LogP contribution in [0.2, 0.25) is 0 Å². The molecule has 0 radical (unpaired) electrons. The van der Waals surface area contributed by atoms with E-state index >= 15 is 4.79 Å². The van der Waals surface area contributed by atoms with Gasteiger partial charge in [0, 0.05) is 12.0 Å². The second kappa shape index (κ2) is 55.4. The Labute approximate surface area is 522 Å². The lowest BCUT2D eigenvalue weighted by molar-refractivity contribution is -0.293. The van der Waals surface area contributed by atoms with Crippen molar-refractivity contribution in [1.82, 2.24) is 0 Å². The Kier molecular flexibility index (Phi) is 53.0. The van der Waals surface area contributed by atoms with Gasteiger partial charge in [0.2, 0.25) is 0 Å². The maximum Gasteiger partial charge on any atom is 0.199 e. The Morgan fingerprint density at radius 1 is 0.286 bits per heavy atom. The molecule has 4 atom stereocenters. The van der Waals surface area contributed by atoms with E-state index in [0.717, 1.165) is 83.5 Å². The van der Waals surface area contributed by atoms with Gasteiger partial charge in [-0.25, -0.2) is 0 Å². The summed E-state index contributed by atoms with van der Waals surface area (Å²) in [6.07, 6.45) is 63.4. The highest BCUT2D eigenvalue weighted by molar-refractivity contribution is 6.04. The number of hydrogen-bond acceptors (Lipinski definition) is 7. The molecule has 0 aromatic heterocycles. The Bertz CT molecular complexity index is 1590. The normalized spacial score (nSPS) is 14.8. The molecule has 1 aromatic rings. The molecule has 0 spiro atoms. The highest BCUT2D eigenvalue weighted by atomic mass is 16.4. The molecular formula is C77H144O7. The highest BCUT2D eigenvalue weighted by Crippen LogP contribution is 2.50. The molecule has 0 bridgehead atoms. The van der Waals surface area contributed by atoms with Crippen molar-refractivity contribution < 1.29 is 35.1 Å². The molecule has 0 saturated carbocycles. The Morgan fingerprint density at radius 2 is 0.500 bits per heavy atom. The molecule has 0 unspecified atom stereocenters. The maximum atomic E-state index is 15.3. The largest absolute Gasteiger partial charge is 0.393 e. The number of aliphatic hydroxyl groups is 5. The van der Waals surface area contributed by atoms with E-state index < -0.39 is 40.6 Å². The molecular weight excluding hydrogens is 1040 g/mol. The van der Waals surface area contributed by atoms with Gasteiger partial charge in [-0.1, -0.05) is 411 Å². The van der Waals surface area contributed by atoms with Crippen LogP contribution in [0.4, 0.5) is 0 Å². The molecule has 0 saturated heterocycles. The van der Waals surface area contributed by atoms with Gasteiger partial charge < -0.3 is 25.5 Å². The standard InChI is InChI=1S/C77H144O7/c1-5-9-13-17-21-25-29-33-37-41-45-49-53-60-66-72(79)74(81,67-61-54-50-46-42-38-34-30-26-22-18-14-10-6-2)76(83,68-62-55-51-47-43-39-35-31-27-23-19-15-11-7-3)77(84,75(82,70-78)73(80)71-64-58-57-59-65-71)69-63-56-52-48-44-40-36-32-28-24-20-16-12-8-4/h57-59,64-65,78,81-84H,5-56,60-63,66-70H2,1-4H3/t74-,75-,76+,77+/m0/s1. The molecule has 5 N–H and O–H groups in total. The van der Waals surface area contributed by atoms with Crippen molar-refractivity contribution in [2.45, 2.75) is 435 Å². The lowest BCUT2D eigenvalue weighted by Crippen LogP contribution is -2.79. The minimum atomic E-state index is -2.91. The number of ketones is 2. The fourth-order valence-electron chi connectivity index (χ4n) is 13.7. The summed E-state index contributed by atoms with van der Waals surface area (Å²) in [4.78, 5) is 30.2. The molecule has 0 aliphatic heterocycles. The van der Waals surface area contributed by atoms with Crippen LogP contribution < -0.4 is 0 Å². The predicted octanol–water partition coefficient (Wildman–Crippen LogP) is 22.8. The van der Waals surface area contributed by atoms with E-state index in [0.29, 0.717) is 38.5 Å². The summed E-state index contributed by atoms with van der Waals surface area (Å²) in [5.74, 6) is -1.42. The first-order valence-corrected chi connectivity index (χ1v) is 37.6. The monoisotopic (exact) mass is 1180 g/mol. The van der Waals surface area contributed by atoms with Crippen LogP contribution >= 0.6 is 0 Å². The minimum absolute atomic E-state index is 0.0350. The van der Waals surface area contributed by atoms with E-state index in [9.17, 15) is 30.3 Å². The smallest absolute Gasteiger partial charge is 0.199 e. The van der Waals surface area contributed by atoms with Gasteiger partial charge in [-0.05, 0) is 25.7 Å². The zero-order valence-corrected chi connectivity index (χ0v) is 56.6. The number of unbranched alkanes of at least 4 members (excludes halogenated alkanes) is 52. The van der Waals surface area contributed by atoms with E-state index in [2.05, 4.69) is 27.7 Å². The average Bonchev–Trinajstić information content (AvgIpc) is 0.935. The van der Waals surface area contributed by atoms with Crippen LogP contribution in [-0.4, -0.2) is 66.1 Å². The number of hydrogen-bond donors (Lipinski definition) is 5. The summed E-state index contributed by atoms with van der Waals surface area (Å²) in [7, 11) is 0. The van der Waals surface area contributed by atoms with Gasteiger partial charge >= 0.3 is 0 Å². The van der Waals surface area contributed by atoms with Crippen molar-refractivity contribution in [1.29, 1.82) is 0 Å². The number of Topliss-reactive ketones (excluding diaryl/α,β-unsaturated/α-hetero) is 2. The number of benzene rings is 1. The number of carbonyl (C=O) groups excluding carboxylic acids is 2. The third kappa shape index (κ3) is 35.5. The minimum Gasteiger partial charge on any atom is -0.393 e. The zero-order valence-electron chi connectivity index (χ0n) is 56.6. The van der Waals surface area contributed by atoms with Gasteiger partial charge in [-0.2, -0.15) is 0 Å². The van der Waals surface area contributed by atoms with Crippen molar-refractivity contribution in [3.63, 3.8) is 0 Å². The first kappa shape index (κ1) is 80.4. The van der Waals surface area contributed by atoms with Crippen LogP contribution in [0.25, 0.3) is 0 Å². The van der Waals surface area contributed by atoms with Gasteiger partial charge in [0.05, 0.1) is 6.61 Å². The van der Waals surface area contributed by atoms with Crippen molar-refractivity contribution in [3.8, 4) is 0 Å². The zero-order chi connectivity index (χ0) is 61.4. The third-order valence-corrected chi connectivity index (χ3v) is 19.6. The summed E-state index contributed by atoms with van der Waals surface area (Å²) >= 11 is 0. The van der Waals surface area contributed by atoms with Gasteiger partial charge in [0.1, 0.15) is 11.2 Å². The lowest BCUT2D eigenvalue weighted by atomic mass is 9.56. The summed E-state index contributed by atoms with van der Waals surface area (Å²) in [5, 5.41) is 65.8. The van der Waals surface area contributed by atoms with E-state index in [-0.39, 0.29) is 31.2 Å². The van der Waals surface area contributed by atoms with Gasteiger partial charge in [-0.3, -0.25) is 9.59 Å². The second-order valence-corrected chi connectivity index (χ2v) is 27.1. The van der Waals surface area contributed by atoms with Crippen molar-refractivity contribution in [3.05, 3.63) is 35.9 Å². The fraction of sp³-hybridized carbons (Fsp3) is 0.896. The predicted molar refractivity (Wildman–Crippen MR) is 362 cm³/mol. The van der Waals surface area contributed by atoms with Crippen molar-refractivity contribution >= 4 is 11.6 Å². The topological polar surface area (TPSA) is 135 Å². The van der Waals surface area contributed by atoms with Crippen molar-refractivity contribution in [2.24, 2.45) is 0 Å². The van der Waals surface area contributed by atoms with Gasteiger partial charge in [-0.15, -0.1) is 0 Å². The van der Waals surface area contributed by atoms with Gasteiger partial charge in [0.25, 0.3) is 0 Å². The van der Waals surface area contributed by atoms with Crippen LogP contribution in [0.5, 0.6) is 0 Å². The van der Waals surface area contributed by atoms with Crippen LogP contribution in [-0.2, 0) is 4.79 Å². The molecule has 0 aliphatic carbocycles. The Balaban J connectivity index is 3.48. The molecule has 7 nitrogen and oxygen atoms in total. The molecule has 0 fully saturated rings. The van der Waals surface area contributed by atoms with E-state index in [4.69, 9.17) is 0 Å². The molecule has 1 aromatic carbocycles. The molecule has 0 heterocycles. The van der Waals surface area contributed by atoms with E-state index in [1.807, 2.05) is 0 Å². The molecule has 0 aliphatic rings. The summed E-state index contributed by atoms with van der Waals surface area (Å²) in [6.45, 7) is 7.89. The third-order valence-electron chi connectivity index (χ3n) is 19.6. The average molecular weight is 1180 g/mol. The second-order valence-electron chi connectivity index (χ2n) is 27.1. The number of rotatable bonds is 67. The summed E-state index contributed by atoms with van der Waals surface area (Å²) < 4.78 is 0. The fourth-order valence-corrected chi connectivity index (χ4v) is 13.7. The summed E-state index contributed by atoms with van der Waals surface area (Å²) in [5.41, 5.74) is -10.7. The molecule has 494 valence electrons. The first-order chi connectivity index (χ1) is 41.0.